The fraction of sp³-hybridized carbons (Fsp3) is 0.190. The van der Waals surface area contributed by atoms with E-state index in [1.54, 1.807) is 18.4 Å². The lowest BCUT2D eigenvalue weighted by molar-refractivity contribution is -0.118. The molecule has 5 nitrogen and oxygen atoms in total. The molecule has 29 heavy (non-hydrogen) atoms. The highest BCUT2D eigenvalue weighted by molar-refractivity contribution is 9.10. The highest BCUT2D eigenvalue weighted by Crippen LogP contribution is 2.28. The van der Waals surface area contributed by atoms with Crippen molar-refractivity contribution in [1.29, 1.82) is 0 Å². The number of benzene rings is 2. The van der Waals surface area contributed by atoms with Gasteiger partial charge in [0, 0.05) is 28.1 Å². The molecule has 2 aromatic carbocycles. The molecule has 1 aromatic heterocycles. The molecule has 0 radical (unpaired) electrons. The number of nitrogens with one attached hydrogen (secondary N) is 2. The van der Waals surface area contributed by atoms with Crippen LogP contribution in [-0.4, -0.2) is 19.6 Å². The molecule has 3 aromatic rings. The summed E-state index contributed by atoms with van der Waals surface area (Å²) in [5.74, 6) is 0.911. The fourth-order valence-corrected chi connectivity index (χ4v) is 3.50. The van der Waals surface area contributed by atoms with Crippen molar-refractivity contribution >= 4 is 51.3 Å². The van der Waals surface area contributed by atoms with Crippen LogP contribution in [0.3, 0.4) is 0 Å². The Balaban J connectivity index is 0.00000300. The molecule has 154 valence electrons. The Bertz CT molecular complexity index is 905. The number of ether oxygens (including phenoxy) is 2. The third kappa shape index (κ3) is 7.36. The molecule has 0 aliphatic rings. The third-order valence-electron chi connectivity index (χ3n) is 3.92. The molecule has 0 saturated heterocycles. The maximum absolute atomic E-state index is 12.1. The first-order chi connectivity index (χ1) is 13.6. The smallest absolute Gasteiger partial charge is 0.262 e. The summed E-state index contributed by atoms with van der Waals surface area (Å²) in [6.45, 7) is 1.45. The summed E-state index contributed by atoms with van der Waals surface area (Å²) >= 11 is 5.10. The first-order valence-corrected chi connectivity index (χ1v) is 10.4. The Morgan fingerprint density at radius 3 is 2.55 bits per heavy atom. The van der Waals surface area contributed by atoms with Gasteiger partial charge < -0.3 is 20.1 Å². The van der Waals surface area contributed by atoms with Gasteiger partial charge in [0.1, 0.15) is 0 Å². The SMILES string of the molecule is COc1cc(CNCc2cccs2)ccc1OCC(=O)Nc1ccc(Br)cc1.Cl. The standard InChI is InChI=1S/C21H21BrN2O3S.ClH/c1-26-20-11-15(12-23-13-18-3-2-10-28-18)4-9-19(20)27-14-21(25)24-17-7-5-16(22)6-8-17;/h2-11,23H,12-14H2,1H3,(H,24,25);1H. The highest BCUT2D eigenvalue weighted by Gasteiger charge is 2.09. The van der Waals surface area contributed by atoms with Gasteiger partial charge in [-0.3, -0.25) is 4.79 Å². The van der Waals surface area contributed by atoms with Crippen molar-refractivity contribution in [2.24, 2.45) is 0 Å². The molecule has 0 aliphatic carbocycles. The van der Waals surface area contributed by atoms with Crippen molar-refractivity contribution < 1.29 is 14.3 Å². The molecule has 0 fully saturated rings. The number of methoxy groups -OCH3 is 1. The zero-order valence-corrected chi connectivity index (χ0v) is 19.0. The van der Waals surface area contributed by atoms with Gasteiger partial charge in [0.25, 0.3) is 5.91 Å². The van der Waals surface area contributed by atoms with E-state index in [2.05, 4.69) is 38.0 Å². The average Bonchev–Trinajstić information content (AvgIpc) is 3.22. The lowest BCUT2D eigenvalue weighted by Gasteiger charge is -2.13. The van der Waals surface area contributed by atoms with Crippen molar-refractivity contribution in [3.63, 3.8) is 0 Å². The number of hydrogen-bond donors (Lipinski definition) is 2. The van der Waals surface area contributed by atoms with Crippen LogP contribution in [0, 0.1) is 0 Å². The highest BCUT2D eigenvalue weighted by atomic mass is 79.9. The van der Waals surface area contributed by atoms with Crippen molar-refractivity contribution in [1.82, 2.24) is 5.32 Å². The summed E-state index contributed by atoms with van der Waals surface area (Å²) in [5, 5.41) is 8.27. The van der Waals surface area contributed by atoms with Crippen LogP contribution in [0.15, 0.2) is 64.5 Å². The summed E-state index contributed by atoms with van der Waals surface area (Å²) in [5.41, 5.74) is 1.80. The molecule has 0 atom stereocenters. The number of carbonyl (C=O) groups is 1. The number of anilines is 1. The summed E-state index contributed by atoms with van der Waals surface area (Å²) in [4.78, 5) is 13.4. The lowest BCUT2D eigenvalue weighted by Crippen LogP contribution is -2.20. The molecular weight excluding hydrogens is 476 g/mol. The van der Waals surface area contributed by atoms with E-state index in [1.165, 1.54) is 4.88 Å². The van der Waals surface area contributed by atoms with E-state index in [4.69, 9.17) is 9.47 Å². The molecule has 1 heterocycles. The number of carbonyl (C=O) groups excluding carboxylic acids is 1. The quantitative estimate of drug-likeness (QED) is 0.424. The van der Waals surface area contributed by atoms with E-state index >= 15 is 0 Å². The van der Waals surface area contributed by atoms with Gasteiger partial charge in [0.2, 0.25) is 0 Å². The second-order valence-corrected chi connectivity index (χ2v) is 7.96. The Kier molecular flexibility index (Phi) is 9.47. The number of hydrogen-bond acceptors (Lipinski definition) is 5. The maximum atomic E-state index is 12.1. The molecule has 0 spiro atoms. The van der Waals surface area contributed by atoms with Crippen LogP contribution >= 0.6 is 39.7 Å². The zero-order valence-electron chi connectivity index (χ0n) is 15.8. The predicted molar refractivity (Wildman–Crippen MR) is 123 cm³/mol. The molecule has 1 amide bonds. The molecule has 0 bridgehead atoms. The number of amides is 1. The summed E-state index contributed by atoms with van der Waals surface area (Å²) in [7, 11) is 1.59. The normalized spacial score (nSPS) is 10.1. The third-order valence-corrected chi connectivity index (χ3v) is 5.33. The van der Waals surface area contributed by atoms with Crippen LogP contribution < -0.4 is 20.1 Å². The Morgan fingerprint density at radius 1 is 1.07 bits per heavy atom. The van der Waals surface area contributed by atoms with E-state index < -0.39 is 0 Å². The predicted octanol–water partition coefficient (Wildman–Crippen LogP) is 5.25. The largest absolute Gasteiger partial charge is 0.493 e. The Labute approximate surface area is 189 Å². The Morgan fingerprint density at radius 2 is 1.86 bits per heavy atom. The average molecular weight is 498 g/mol. The van der Waals surface area contributed by atoms with Crippen molar-refractivity contribution in [3.8, 4) is 11.5 Å². The maximum Gasteiger partial charge on any atom is 0.262 e. The molecular formula is C21H22BrClN2O3S. The van der Waals surface area contributed by atoms with Crippen LogP contribution in [-0.2, 0) is 17.9 Å². The first-order valence-electron chi connectivity index (χ1n) is 8.72. The summed E-state index contributed by atoms with van der Waals surface area (Å²) in [6.07, 6.45) is 0. The van der Waals surface area contributed by atoms with Crippen molar-refractivity contribution in [2.45, 2.75) is 13.1 Å². The minimum Gasteiger partial charge on any atom is -0.493 e. The molecule has 0 aliphatic heterocycles. The van der Waals surface area contributed by atoms with E-state index in [0.717, 1.165) is 28.8 Å². The van der Waals surface area contributed by atoms with Gasteiger partial charge >= 0.3 is 0 Å². The first kappa shape index (κ1) is 23.2. The minimum atomic E-state index is -0.230. The second-order valence-electron chi connectivity index (χ2n) is 6.01. The molecule has 8 heteroatoms. The molecule has 0 saturated carbocycles. The fourth-order valence-electron chi connectivity index (χ4n) is 2.56. The molecule has 3 rings (SSSR count). The monoisotopic (exact) mass is 496 g/mol. The van der Waals surface area contributed by atoms with Gasteiger partial charge in [-0.2, -0.15) is 0 Å². The van der Waals surface area contributed by atoms with Crippen LogP contribution in [0.2, 0.25) is 0 Å². The zero-order chi connectivity index (χ0) is 19.8. The van der Waals surface area contributed by atoms with Gasteiger partial charge in [-0.05, 0) is 53.4 Å². The van der Waals surface area contributed by atoms with Crippen molar-refractivity contribution in [3.05, 3.63) is 74.9 Å². The molecule has 2 N–H and O–H groups in total. The van der Waals surface area contributed by atoms with Crippen molar-refractivity contribution in [2.75, 3.05) is 19.0 Å². The van der Waals surface area contributed by atoms with Gasteiger partial charge in [-0.15, -0.1) is 23.7 Å². The van der Waals surface area contributed by atoms with Crippen LogP contribution in [0.1, 0.15) is 10.4 Å². The number of thiophene rings is 1. The van der Waals surface area contributed by atoms with Crippen LogP contribution in [0.5, 0.6) is 11.5 Å². The van der Waals surface area contributed by atoms with Crippen LogP contribution in [0.25, 0.3) is 0 Å². The summed E-state index contributed by atoms with van der Waals surface area (Å²) < 4.78 is 12.0. The van der Waals surface area contributed by atoms with Gasteiger partial charge in [-0.25, -0.2) is 0 Å². The van der Waals surface area contributed by atoms with Gasteiger partial charge in [0.15, 0.2) is 18.1 Å². The topological polar surface area (TPSA) is 59.6 Å². The molecule has 0 unspecified atom stereocenters. The van der Waals surface area contributed by atoms with Crippen LogP contribution in [0.4, 0.5) is 5.69 Å². The van der Waals surface area contributed by atoms with Gasteiger partial charge in [-0.1, -0.05) is 28.1 Å². The lowest BCUT2D eigenvalue weighted by atomic mass is 10.2. The Hall–Kier alpha value is -2.06. The van der Waals surface area contributed by atoms with E-state index in [9.17, 15) is 4.79 Å². The second kappa shape index (κ2) is 11.8. The van der Waals surface area contributed by atoms with E-state index in [1.807, 2.05) is 48.5 Å². The number of halogens is 2. The minimum absolute atomic E-state index is 0. The number of rotatable bonds is 9. The summed E-state index contributed by atoms with van der Waals surface area (Å²) in [6, 6.07) is 17.2. The van der Waals surface area contributed by atoms with Gasteiger partial charge in [0.05, 0.1) is 7.11 Å². The van der Waals surface area contributed by atoms with E-state index in [0.29, 0.717) is 11.5 Å². The van der Waals surface area contributed by atoms with E-state index in [-0.39, 0.29) is 24.9 Å².